The molecule has 4 nitrogen and oxygen atoms in total. The molecular formula is C24H28N2O2S. The lowest BCUT2D eigenvalue weighted by Crippen LogP contribution is -2.39. The first-order valence-corrected chi connectivity index (χ1v) is 11.5. The lowest BCUT2D eigenvalue weighted by Gasteiger charge is -2.31. The highest BCUT2D eigenvalue weighted by Gasteiger charge is 2.27. The minimum absolute atomic E-state index is 0.0196. The van der Waals surface area contributed by atoms with Crippen LogP contribution in [0.15, 0.2) is 53.4 Å². The van der Waals surface area contributed by atoms with Crippen molar-refractivity contribution in [1.29, 1.82) is 0 Å². The van der Waals surface area contributed by atoms with Crippen molar-refractivity contribution in [1.82, 2.24) is 4.90 Å². The van der Waals surface area contributed by atoms with Crippen LogP contribution in [-0.4, -0.2) is 42.1 Å². The Hall–Kier alpha value is -2.27. The predicted molar refractivity (Wildman–Crippen MR) is 119 cm³/mol. The molecule has 2 aromatic rings. The normalized spacial score (nSPS) is 16.5. The van der Waals surface area contributed by atoms with Crippen LogP contribution in [0.2, 0.25) is 0 Å². The number of hydrogen-bond acceptors (Lipinski definition) is 3. The molecule has 0 aromatic heterocycles. The van der Waals surface area contributed by atoms with Gasteiger partial charge in [0.15, 0.2) is 0 Å². The maximum Gasteiger partial charge on any atom is 0.259 e. The molecule has 0 radical (unpaired) electrons. The third kappa shape index (κ3) is 4.35. The molecule has 5 heteroatoms. The number of fused-ring (bicyclic) bond motifs is 1. The number of hydrogen-bond donors (Lipinski definition) is 0. The van der Waals surface area contributed by atoms with Crippen molar-refractivity contribution >= 4 is 29.3 Å². The first-order chi connectivity index (χ1) is 14.1. The summed E-state index contributed by atoms with van der Waals surface area (Å²) in [5, 5.41) is 0. The molecule has 29 heavy (non-hydrogen) atoms. The highest BCUT2D eigenvalue weighted by molar-refractivity contribution is 8.00. The molecule has 152 valence electrons. The van der Waals surface area contributed by atoms with Crippen molar-refractivity contribution in [3.05, 3.63) is 59.7 Å². The molecule has 1 heterocycles. The van der Waals surface area contributed by atoms with Crippen LogP contribution in [0.3, 0.4) is 0 Å². The van der Waals surface area contributed by atoms with Crippen LogP contribution >= 0.6 is 11.8 Å². The van der Waals surface area contributed by atoms with Crippen LogP contribution in [-0.2, 0) is 11.2 Å². The molecule has 2 aromatic carbocycles. The largest absolute Gasteiger partial charge is 0.342 e. The molecule has 1 aliphatic heterocycles. The van der Waals surface area contributed by atoms with Gasteiger partial charge < -0.3 is 9.80 Å². The van der Waals surface area contributed by atoms with E-state index in [0.717, 1.165) is 29.8 Å². The van der Waals surface area contributed by atoms with E-state index in [9.17, 15) is 9.59 Å². The van der Waals surface area contributed by atoms with E-state index in [1.54, 1.807) is 0 Å². The number of carbonyl (C=O) groups is 2. The zero-order valence-electron chi connectivity index (χ0n) is 17.0. The summed E-state index contributed by atoms with van der Waals surface area (Å²) in [5.74, 6) is 0.537. The van der Waals surface area contributed by atoms with Gasteiger partial charge in [-0.25, -0.2) is 0 Å². The molecule has 1 fully saturated rings. The van der Waals surface area contributed by atoms with Crippen molar-refractivity contribution in [2.75, 3.05) is 24.2 Å². The van der Waals surface area contributed by atoms with Crippen LogP contribution in [0.25, 0.3) is 0 Å². The second kappa shape index (κ2) is 9.04. The Kier molecular flexibility index (Phi) is 6.24. The molecule has 1 saturated carbocycles. The third-order valence-electron chi connectivity index (χ3n) is 6.12. The lowest BCUT2D eigenvalue weighted by atomic mass is 9.94. The Labute approximate surface area is 177 Å². The van der Waals surface area contributed by atoms with E-state index in [-0.39, 0.29) is 11.8 Å². The molecule has 0 unspecified atom stereocenters. The number of thioether (sulfide) groups is 1. The molecule has 0 spiro atoms. The van der Waals surface area contributed by atoms with E-state index in [4.69, 9.17) is 0 Å². The number of rotatable bonds is 5. The van der Waals surface area contributed by atoms with Gasteiger partial charge in [-0.05, 0) is 43.0 Å². The number of nitrogens with zero attached hydrogens (tertiary/aromatic N) is 2. The summed E-state index contributed by atoms with van der Waals surface area (Å²) in [7, 11) is 1.93. The summed E-state index contributed by atoms with van der Waals surface area (Å²) in [6, 6.07) is 16.1. The fourth-order valence-electron chi connectivity index (χ4n) is 4.38. The summed E-state index contributed by atoms with van der Waals surface area (Å²) < 4.78 is 0. The van der Waals surface area contributed by atoms with Gasteiger partial charge in [-0.1, -0.05) is 49.6 Å². The fraction of sp³-hybridized carbons (Fsp3) is 0.417. The Morgan fingerprint density at radius 1 is 1.03 bits per heavy atom. The number of carbonyl (C=O) groups excluding carboxylic acids is 2. The van der Waals surface area contributed by atoms with Crippen molar-refractivity contribution in [3.63, 3.8) is 0 Å². The lowest BCUT2D eigenvalue weighted by molar-refractivity contribution is -0.129. The summed E-state index contributed by atoms with van der Waals surface area (Å²) in [6.07, 6.45) is 6.81. The second-order valence-corrected chi connectivity index (χ2v) is 8.93. The Morgan fingerprint density at radius 3 is 2.59 bits per heavy atom. The van der Waals surface area contributed by atoms with E-state index >= 15 is 0 Å². The summed E-state index contributed by atoms with van der Waals surface area (Å²) in [4.78, 5) is 30.7. The van der Waals surface area contributed by atoms with Gasteiger partial charge in [0, 0.05) is 30.2 Å². The third-order valence-corrected chi connectivity index (χ3v) is 7.18. The highest BCUT2D eigenvalue weighted by atomic mass is 32.2. The standard InChI is InChI=1S/C24H28N2O2S/c1-25(19-10-3-2-4-11-19)23(27)17-29-22-14-8-6-12-20(22)24(28)26-16-15-18-9-5-7-13-21(18)26/h5-9,12-14,19H,2-4,10-11,15-17H2,1H3. The van der Waals surface area contributed by atoms with Gasteiger partial charge in [-0.2, -0.15) is 0 Å². The van der Waals surface area contributed by atoms with Gasteiger partial charge in [-0.15, -0.1) is 11.8 Å². The van der Waals surface area contributed by atoms with Crippen LogP contribution in [0.1, 0.15) is 48.0 Å². The smallest absolute Gasteiger partial charge is 0.259 e. The Bertz CT molecular complexity index is 892. The topological polar surface area (TPSA) is 40.6 Å². The van der Waals surface area contributed by atoms with Crippen LogP contribution in [0.5, 0.6) is 0 Å². The second-order valence-electron chi connectivity index (χ2n) is 7.92. The van der Waals surface area contributed by atoms with Gasteiger partial charge in [0.05, 0.1) is 11.3 Å². The zero-order chi connectivity index (χ0) is 20.2. The fourth-order valence-corrected chi connectivity index (χ4v) is 5.35. The van der Waals surface area contributed by atoms with Crippen molar-refractivity contribution < 1.29 is 9.59 Å². The first kappa shape index (κ1) is 20.0. The SMILES string of the molecule is CN(C(=O)CSc1ccccc1C(=O)N1CCc2ccccc21)C1CCCCC1. The molecule has 4 rings (SSSR count). The van der Waals surface area contributed by atoms with Crippen LogP contribution < -0.4 is 4.90 Å². The van der Waals surface area contributed by atoms with E-state index < -0.39 is 0 Å². The van der Waals surface area contributed by atoms with Crippen molar-refractivity contribution in [2.24, 2.45) is 0 Å². The summed E-state index contributed by atoms with van der Waals surface area (Å²) in [5.41, 5.74) is 2.91. The van der Waals surface area contributed by atoms with Crippen LogP contribution in [0.4, 0.5) is 5.69 Å². The molecule has 2 aliphatic rings. The molecule has 2 amide bonds. The quantitative estimate of drug-likeness (QED) is 0.669. The maximum absolute atomic E-state index is 13.3. The average molecular weight is 409 g/mol. The minimum atomic E-state index is 0.0196. The van der Waals surface area contributed by atoms with E-state index in [1.807, 2.05) is 59.3 Å². The minimum Gasteiger partial charge on any atom is -0.342 e. The van der Waals surface area contributed by atoms with Crippen molar-refractivity contribution in [3.8, 4) is 0 Å². The molecule has 0 bridgehead atoms. The van der Waals surface area contributed by atoms with Gasteiger partial charge in [0.2, 0.25) is 5.91 Å². The molecule has 0 saturated heterocycles. The number of anilines is 1. The Morgan fingerprint density at radius 2 is 1.76 bits per heavy atom. The number of benzene rings is 2. The van der Waals surface area contributed by atoms with Crippen molar-refractivity contribution in [2.45, 2.75) is 49.5 Å². The predicted octanol–water partition coefficient (Wildman–Crippen LogP) is 4.77. The molecular weight excluding hydrogens is 380 g/mol. The van der Waals surface area contributed by atoms with E-state index in [0.29, 0.717) is 23.9 Å². The Balaban J connectivity index is 1.45. The van der Waals surface area contributed by atoms with Gasteiger partial charge in [0.1, 0.15) is 0 Å². The van der Waals surface area contributed by atoms with Gasteiger partial charge in [0.25, 0.3) is 5.91 Å². The maximum atomic E-state index is 13.3. The monoisotopic (exact) mass is 408 g/mol. The molecule has 0 N–H and O–H groups in total. The molecule has 1 aliphatic carbocycles. The average Bonchev–Trinajstić information content (AvgIpc) is 3.21. The first-order valence-electron chi connectivity index (χ1n) is 10.5. The zero-order valence-corrected chi connectivity index (χ0v) is 17.8. The highest BCUT2D eigenvalue weighted by Crippen LogP contribution is 2.32. The van der Waals surface area contributed by atoms with Crippen LogP contribution in [0, 0.1) is 0 Å². The molecule has 0 atom stereocenters. The number of amides is 2. The number of para-hydroxylation sites is 1. The van der Waals surface area contributed by atoms with E-state index in [1.165, 1.54) is 36.6 Å². The summed E-state index contributed by atoms with van der Waals surface area (Å²) in [6.45, 7) is 0.709. The summed E-state index contributed by atoms with van der Waals surface area (Å²) >= 11 is 1.48. The van der Waals surface area contributed by atoms with Gasteiger partial charge in [-0.3, -0.25) is 9.59 Å². The van der Waals surface area contributed by atoms with E-state index in [2.05, 4.69) is 6.07 Å². The van der Waals surface area contributed by atoms with Gasteiger partial charge >= 0.3 is 0 Å².